The maximum Gasteiger partial charge on any atom is 0.155 e. The van der Waals surface area contributed by atoms with Crippen LogP contribution in [0.25, 0.3) is 44.1 Å². The van der Waals surface area contributed by atoms with Crippen molar-refractivity contribution in [2.75, 3.05) is 5.75 Å². The van der Waals surface area contributed by atoms with Gasteiger partial charge < -0.3 is 0 Å². The molecule has 0 radical (unpaired) electrons. The number of nitrogens with zero attached hydrogens (tertiary/aromatic N) is 2. The molecule has 0 atom stereocenters. The lowest BCUT2D eigenvalue weighted by Crippen LogP contribution is -1.68. The maximum atomic E-state index is 4.89. The van der Waals surface area contributed by atoms with Crippen molar-refractivity contribution < 1.29 is 0 Å². The minimum Gasteiger partial charge on any atom is -0.222 e. The van der Waals surface area contributed by atoms with Crippen molar-refractivity contribution in [3.05, 3.63) is 52.7 Å². The largest absolute Gasteiger partial charge is 0.222 e. The van der Waals surface area contributed by atoms with Gasteiger partial charge in [-0.15, -0.1) is 45.8 Å². The minimum absolute atomic E-state index is 1.05. The first kappa shape index (κ1) is 17.6. The quantitative estimate of drug-likeness (QED) is 0.262. The summed E-state index contributed by atoms with van der Waals surface area (Å²) in [7, 11) is 0. The number of rotatable bonds is 4. The number of hydrogen-bond acceptors (Lipinski definition) is 8. The summed E-state index contributed by atoms with van der Waals surface area (Å²) in [6.45, 7) is 0. The molecule has 2 nitrogen and oxygen atoms in total. The third-order valence-corrected chi connectivity index (χ3v) is 11.2. The molecule has 0 saturated heterocycles. The highest BCUT2D eigenvalue weighted by atomic mass is 32.2. The lowest BCUT2D eigenvalue weighted by Gasteiger charge is -1.94. The monoisotopic (exact) mass is 472 g/mol. The van der Waals surface area contributed by atoms with E-state index in [-0.39, 0.29) is 0 Å². The van der Waals surface area contributed by atoms with Crippen molar-refractivity contribution in [2.45, 2.75) is 6.42 Å². The SMILES string of the molecule is C1=C(c2ccc(-c3nc4sc(-c5ccc(-c6cccs6)s5)nc4s3)s2)SCC1. The molecule has 0 spiro atoms. The Kier molecular flexibility index (Phi) is 4.51. The average molecular weight is 473 g/mol. The third-order valence-electron chi connectivity index (χ3n) is 4.32. The predicted octanol–water partition coefficient (Wildman–Crippen LogP) is 8.42. The summed E-state index contributed by atoms with van der Waals surface area (Å²) in [5, 5.41) is 4.29. The van der Waals surface area contributed by atoms with Crippen molar-refractivity contribution in [3.8, 4) is 29.5 Å². The van der Waals surface area contributed by atoms with E-state index in [9.17, 15) is 0 Å². The topological polar surface area (TPSA) is 25.8 Å². The van der Waals surface area contributed by atoms with Crippen LogP contribution in [0, 0.1) is 0 Å². The molecule has 1 aliphatic rings. The Bertz CT molecular complexity index is 1270. The Labute approximate surface area is 186 Å². The van der Waals surface area contributed by atoms with Crippen LogP contribution in [0.5, 0.6) is 0 Å². The van der Waals surface area contributed by atoms with Gasteiger partial charge >= 0.3 is 0 Å². The van der Waals surface area contributed by atoms with E-state index < -0.39 is 0 Å². The molecule has 0 unspecified atom stereocenters. The summed E-state index contributed by atoms with van der Waals surface area (Å²) in [4.78, 5) is 19.8. The van der Waals surface area contributed by atoms with E-state index in [1.165, 1.54) is 41.5 Å². The van der Waals surface area contributed by atoms with E-state index in [0.717, 1.165) is 19.7 Å². The van der Waals surface area contributed by atoms with Crippen molar-refractivity contribution in [2.24, 2.45) is 0 Å². The molecular weight excluding hydrogens is 461 g/mol. The lowest BCUT2D eigenvalue weighted by molar-refractivity contribution is 1.28. The molecule has 5 aromatic rings. The minimum atomic E-state index is 1.05. The average Bonchev–Trinajstić information content (AvgIpc) is 3.54. The van der Waals surface area contributed by atoms with E-state index in [1.54, 1.807) is 34.0 Å². The van der Waals surface area contributed by atoms with E-state index in [0.29, 0.717) is 0 Å². The van der Waals surface area contributed by atoms with Crippen LogP contribution in [0.4, 0.5) is 0 Å². The summed E-state index contributed by atoms with van der Waals surface area (Å²) in [5.74, 6) is 1.21. The second-order valence-corrected chi connectivity index (χ2v) is 12.4. The Morgan fingerprint density at radius 3 is 2.00 bits per heavy atom. The molecule has 0 bridgehead atoms. The summed E-state index contributed by atoms with van der Waals surface area (Å²) in [6, 6.07) is 13.1. The van der Waals surface area contributed by atoms with Crippen molar-refractivity contribution >= 4 is 83.0 Å². The first-order chi connectivity index (χ1) is 13.8. The molecule has 0 fully saturated rings. The second kappa shape index (κ2) is 7.19. The van der Waals surface area contributed by atoms with Crippen LogP contribution >= 0.6 is 68.4 Å². The molecule has 0 N–H and O–H groups in total. The van der Waals surface area contributed by atoms with Crippen molar-refractivity contribution in [1.82, 2.24) is 9.97 Å². The smallest absolute Gasteiger partial charge is 0.155 e. The van der Waals surface area contributed by atoms with Crippen LogP contribution in [0.1, 0.15) is 11.3 Å². The number of hydrogen-bond donors (Lipinski definition) is 0. The van der Waals surface area contributed by atoms with Crippen LogP contribution in [0.3, 0.4) is 0 Å². The summed E-state index contributed by atoms with van der Waals surface area (Å²) < 4.78 is 0. The van der Waals surface area contributed by atoms with Gasteiger partial charge in [0.1, 0.15) is 10.0 Å². The molecule has 1 aliphatic heterocycles. The fraction of sp³-hybridized carbons (Fsp3) is 0.100. The molecule has 0 aliphatic carbocycles. The molecule has 6 heterocycles. The van der Waals surface area contributed by atoms with Crippen LogP contribution in [-0.4, -0.2) is 15.7 Å². The van der Waals surface area contributed by atoms with E-state index in [2.05, 4.69) is 47.9 Å². The highest BCUT2D eigenvalue weighted by molar-refractivity contribution is 8.08. The van der Waals surface area contributed by atoms with Gasteiger partial charge in [-0.25, -0.2) is 9.97 Å². The van der Waals surface area contributed by atoms with Crippen LogP contribution < -0.4 is 0 Å². The molecule has 5 aromatic heterocycles. The number of thiazole rings is 2. The summed E-state index contributed by atoms with van der Waals surface area (Å²) in [6.07, 6.45) is 3.53. The molecule has 138 valence electrons. The molecule has 6 rings (SSSR count). The summed E-state index contributed by atoms with van der Waals surface area (Å²) >= 11 is 10.8. The first-order valence-corrected chi connectivity index (χ1v) is 13.8. The van der Waals surface area contributed by atoms with Gasteiger partial charge in [-0.2, -0.15) is 0 Å². The Hall–Kier alpha value is -1.29. The fourth-order valence-corrected chi connectivity index (χ4v) is 9.17. The molecule has 0 amide bonds. The van der Waals surface area contributed by atoms with Crippen molar-refractivity contribution in [3.63, 3.8) is 0 Å². The van der Waals surface area contributed by atoms with Crippen LogP contribution in [0.2, 0.25) is 0 Å². The molecule has 8 heteroatoms. The highest BCUT2D eigenvalue weighted by Gasteiger charge is 2.17. The molecule has 0 aromatic carbocycles. The number of allylic oxidation sites excluding steroid dienone is 1. The Morgan fingerprint density at radius 1 is 0.679 bits per heavy atom. The van der Waals surface area contributed by atoms with Gasteiger partial charge in [-0.05, 0) is 42.1 Å². The van der Waals surface area contributed by atoms with Gasteiger partial charge in [-0.1, -0.05) is 34.8 Å². The number of thiophene rings is 3. The third kappa shape index (κ3) is 3.12. The van der Waals surface area contributed by atoms with Gasteiger partial charge in [0, 0.05) is 25.3 Å². The van der Waals surface area contributed by atoms with E-state index in [1.807, 2.05) is 34.4 Å². The second-order valence-electron chi connectivity index (χ2n) is 6.16. The Morgan fingerprint density at radius 2 is 1.36 bits per heavy atom. The number of thioether (sulfide) groups is 1. The van der Waals surface area contributed by atoms with E-state index >= 15 is 0 Å². The van der Waals surface area contributed by atoms with Gasteiger partial charge in [0.25, 0.3) is 0 Å². The summed E-state index contributed by atoms with van der Waals surface area (Å²) in [5.41, 5.74) is 0. The first-order valence-electron chi connectivity index (χ1n) is 8.68. The highest BCUT2D eigenvalue weighted by Crippen LogP contribution is 2.44. The lowest BCUT2D eigenvalue weighted by atomic mass is 10.3. The van der Waals surface area contributed by atoms with Crippen LogP contribution in [0.15, 0.2) is 47.9 Å². The zero-order valence-electron chi connectivity index (χ0n) is 14.4. The zero-order chi connectivity index (χ0) is 18.5. The fourth-order valence-electron chi connectivity index (χ4n) is 3.03. The molecular formula is C20H12N2S6. The van der Waals surface area contributed by atoms with Crippen LogP contribution in [-0.2, 0) is 0 Å². The van der Waals surface area contributed by atoms with Crippen molar-refractivity contribution in [1.29, 1.82) is 0 Å². The van der Waals surface area contributed by atoms with Gasteiger partial charge in [-0.3, -0.25) is 0 Å². The van der Waals surface area contributed by atoms with Gasteiger partial charge in [0.2, 0.25) is 0 Å². The Balaban J connectivity index is 1.30. The van der Waals surface area contributed by atoms with Gasteiger partial charge in [0.05, 0.1) is 9.75 Å². The van der Waals surface area contributed by atoms with E-state index in [4.69, 9.17) is 9.97 Å². The maximum absolute atomic E-state index is 4.89. The normalized spacial score (nSPS) is 14.2. The standard InChI is InChI=1S/C20H12N2S6/c1-3-11(23-9-1)13-5-7-15(25-13)17-21-19-20(27-17)22-18(28-19)16-8-6-14(26-16)12-4-2-10-24-12/h1,3-9H,2,10H2. The number of aromatic nitrogens is 2. The molecule has 28 heavy (non-hydrogen) atoms. The number of fused-ring (bicyclic) bond motifs is 1. The zero-order valence-corrected chi connectivity index (χ0v) is 19.3. The van der Waals surface area contributed by atoms with Gasteiger partial charge in [0.15, 0.2) is 9.66 Å². The molecule has 0 saturated carbocycles. The predicted molar refractivity (Wildman–Crippen MR) is 130 cm³/mol.